The summed E-state index contributed by atoms with van der Waals surface area (Å²) in [5.74, 6) is 1.40. The van der Waals surface area contributed by atoms with E-state index in [4.69, 9.17) is 39.5 Å². The van der Waals surface area contributed by atoms with E-state index in [0.29, 0.717) is 27.6 Å². The molecule has 0 atom stereocenters. The third kappa shape index (κ3) is 3.25. The highest BCUT2D eigenvalue weighted by atomic mass is 35.5. The van der Waals surface area contributed by atoms with Gasteiger partial charge in [-0.3, -0.25) is 0 Å². The summed E-state index contributed by atoms with van der Waals surface area (Å²) < 4.78 is 5.54. The molecule has 0 bridgehead atoms. The second-order valence-corrected chi connectivity index (χ2v) is 4.36. The Balaban J connectivity index is 2.22. The predicted molar refractivity (Wildman–Crippen MR) is 70.3 cm³/mol. The monoisotopic (exact) mass is 287 g/mol. The molecular weight excluding hydrogens is 280 g/mol. The van der Waals surface area contributed by atoms with E-state index in [1.54, 1.807) is 24.3 Å². The van der Waals surface area contributed by atoms with Crippen LogP contribution in [0.5, 0.6) is 11.6 Å². The molecule has 0 saturated heterocycles. The Bertz CT molecular complexity index is 531. The molecule has 17 heavy (non-hydrogen) atoms. The second-order valence-electron chi connectivity index (χ2n) is 3.28. The van der Waals surface area contributed by atoms with Crippen molar-refractivity contribution in [2.24, 2.45) is 0 Å². The highest BCUT2D eigenvalue weighted by molar-refractivity contribution is 6.42. The first-order valence-electron chi connectivity index (χ1n) is 4.84. The molecule has 2 rings (SSSR count). The molecule has 0 aliphatic heterocycles. The van der Waals surface area contributed by atoms with E-state index in [0.717, 1.165) is 5.69 Å². The van der Waals surface area contributed by atoms with Gasteiger partial charge in [0.15, 0.2) is 0 Å². The van der Waals surface area contributed by atoms with Crippen molar-refractivity contribution in [2.75, 3.05) is 0 Å². The zero-order chi connectivity index (χ0) is 12.3. The molecule has 0 aliphatic carbocycles. The zero-order valence-corrected chi connectivity index (χ0v) is 10.9. The third-order valence-corrected chi connectivity index (χ3v) is 3.04. The molecule has 0 fully saturated rings. The van der Waals surface area contributed by atoms with Gasteiger partial charge in [0.25, 0.3) is 0 Å². The highest BCUT2D eigenvalue weighted by Gasteiger charge is 2.03. The maximum absolute atomic E-state index is 5.89. The van der Waals surface area contributed by atoms with Crippen molar-refractivity contribution >= 4 is 34.8 Å². The molecule has 0 aliphatic rings. The minimum Gasteiger partial charge on any atom is -0.439 e. The van der Waals surface area contributed by atoms with Crippen molar-refractivity contribution in [3.8, 4) is 11.6 Å². The average molecular weight is 289 g/mol. The topological polar surface area (TPSA) is 22.1 Å². The van der Waals surface area contributed by atoms with Gasteiger partial charge >= 0.3 is 0 Å². The van der Waals surface area contributed by atoms with Crippen LogP contribution in [-0.2, 0) is 5.88 Å². The van der Waals surface area contributed by atoms with Gasteiger partial charge in [-0.05, 0) is 18.2 Å². The van der Waals surface area contributed by atoms with Gasteiger partial charge in [0.1, 0.15) is 5.75 Å². The van der Waals surface area contributed by atoms with Gasteiger partial charge in [-0.2, -0.15) is 0 Å². The van der Waals surface area contributed by atoms with Crippen LogP contribution in [0.15, 0.2) is 36.4 Å². The first kappa shape index (κ1) is 12.5. The molecule has 2 nitrogen and oxygen atoms in total. The number of rotatable bonds is 3. The van der Waals surface area contributed by atoms with Crippen LogP contribution < -0.4 is 4.74 Å². The first-order chi connectivity index (χ1) is 8.19. The molecule has 0 saturated carbocycles. The third-order valence-electron chi connectivity index (χ3n) is 2.03. The Labute approximate surface area is 114 Å². The van der Waals surface area contributed by atoms with Gasteiger partial charge in [0, 0.05) is 12.1 Å². The standard InChI is InChI=1S/C12H8Cl3NO/c13-7-8-2-1-3-12(16-8)17-9-4-5-10(14)11(15)6-9/h1-6H,7H2. The maximum Gasteiger partial charge on any atom is 0.219 e. The maximum atomic E-state index is 5.89. The molecule has 0 N–H and O–H groups in total. The van der Waals surface area contributed by atoms with Crippen molar-refractivity contribution in [1.29, 1.82) is 0 Å². The molecule has 5 heteroatoms. The smallest absolute Gasteiger partial charge is 0.219 e. The van der Waals surface area contributed by atoms with Crippen molar-refractivity contribution in [1.82, 2.24) is 4.98 Å². The van der Waals surface area contributed by atoms with Crippen LogP contribution in [0.3, 0.4) is 0 Å². The molecule has 1 aromatic heterocycles. The van der Waals surface area contributed by atoms with Crippen LogP contribution >= 0.6 is 34.8 Å². The number of pyridine rings is 1. The summed E-state index contributed by atoms with van der Waals surface area (Å²) in [4.78, 5) is 4.21. The number of nitrogens with zero attached hydrogens (tertiary/aromatic N) is 1. The fourth-order valence-corrected chi connectivity index (χ4v) is 1.69. The average Bonchev–Trinajstić information content (AvgIpc) is 2.34. The summed E-state index contributed by atoms with van der Waals surface area (Å²) in [6.07, 6.45) is 0. The van der Waals surface area contributed by atoms with E-state index in [-0.39, 0.29) is 0 Å². The van der Waals surface area contributed by atoms with Crippen LogP contribution in [0, 0.1) is 0 Å². The van der Waals surface area contributed by atoms with E-state index in [2.05, 4.69) is 4.98 Å². The lowest BCUT2D eigenvalue weighted by molar-refractivity contribution is 0.461. The fraction of sp³-hybridized carbons (Fsp3) is 0.0833. The van der Waals surface area contributed by atoms with Crippen LogP contribution in [0.1, 0.15) is 5.69 Å². The highest BCUT2D eigenvalue weighted by Crippen LogP contribution is 2.28. The molecule has 1 aromatic carbocycles. The molecule has 1 heterocycles. The Morgan fingerprint density at radius 2 is 1.88 bits per heavy atom. The van der Waals surface area contributed by atoms with Gasteiger partial charge in [0.2, 0.25) is 5.88 Å². The molecule has 2 aromatic rings. The lowest BCUT2D eigenvalue weighted by Gasteiger charge is -2.06. The van der Waals surface area contributed by atoms with E-state index >= 15 is 0 Å². The summed E-state index contributed by atoms with van der Waals surface area (Å²) >= 11 is 17.4. The molecule has 0 amide bonds. The minimum atomic E-state index is 0.346. The second kappa shape index (κ2) is 5.58. The summed E-state index contributed by atoms with van der Waals surface area (Å²) in [5, 5.41) is 0.930. The first-order valence-corrected chi connectivity index (χ1v) is 6.13. The number of hydrogen-bond donors (Lipinski definition) is 0. The molecular formula is C12H8Cl3NO. The molecule has 0 radical (unpaired) electrons. The van der Waals surface area contributed by atoms with Crippen molar-refractivity contribution in [3.63, 3.8) is 0 Å². The van der Waals surface area contributed by atoms with Crippen molar-refractivity contribution in [2.45, 2.75) is 5.88 Å². The van der Waals surface area contributed by atoms with Crippen LogP contribution in [-0.4, -0.2) is 4.98 Å². The van der Waals surface area contributed by atoms with Gasteiger partial charge in [-0.15, -0.1) is 11.6 Å². The Kier molecular flexibility index (Phi) is 4.11. The minimum absolute atomic E-state index is 0.346. The van der Waals surface area contributed by atoms with E-state index < -0.39 is 0 Å². The van der Waals surface area contributed by atoms with Gasteiger partial charge < -0.3 is 4.74 Å². The summed E-state index contributed by atoms with van der Waals surface area (Å²) in [7, 11) is 0. The summed E-state index contributed by atoms with van der Waals surface area (Å²) in [5.41, 5.74) is 0.754. The number of halogens is 3. The molecule has 88 valence electrons. The van der Waals surface area contributed by atoms with E-state index in [1.165, 1.54) is 0 Å². The van der Waals surface area contributed by atoms with Crippen molar-refractivity contribution in [3.05, 3.63) is 52.1 Å². The SMILES string of the molecule is ClCc1cccc(Oc2ccc(Cl)c(Cl)c2)n1. The quantitative estimate of drug-likeness (QED) is 0.748. The largest absolute Gasteiger partial charge is 0.439 e. The number of ether oxygens (including phenoxy) is 1. The normalized spacial score (nSPS) is 10.3. The Morgan fingerprint density at radius 1 is 1.06 bits per heavy atom. The van der Waals surface area contributed by atoms with E-state index in [1.807, 2.05) is 12.1 Å². The zero-order valence-electron chi connectivity index (χ0n) is 8.66. The van der Waals surface area contributed by atoms with Crippen LogP contribution in [0.2, 0.25) is 10.0 Å². The van der Waals surface area contributed by atoms with Crippen molar-refractivity contribution < 1.29 is 4.74 Å². The van der Waals surface area contributed by atoms with E-state index in [9.17, 15) is 0 Å². The lowest BCUT2D eigenvalue weighted by Crippen LogP contribution is -1.91. The predicted octanol–water partition coefficient (Wildman–Crippen LogP) is 4.92. The summed E-state index contributed by atoms with van der Waals surface area (Å²) in [6, 6.07) is 10.4. The van der Waals surface area contributed by atoms with Gasteiger partial charge in [0.05, 0.1) is 21.6 Å². The number of aromatic nitrogens is 1. The van der Waals surface area contributed by atoms with Crippen LogP contribution in [0.25, 0.3) is 0 Å². The summed E-state index contributed by atoms with van der Waals surface area (Å²) in [6.45, 7) is 0. The fourth-order valence-electron chi connectivity index (χ4n) is 1.25. The number of alkyl halides is 1. The number of benzene rings is 1. The molecule has 0 spiro atoms. The van der Waals surface area contributed by atoms with Gasteiger partial charge in [-0.25, -0.2) is 4.98 Å². The van der Waals surface area contributed by atoms with Crippen LogP contribution in [0.4, 0.5) is 0 Å². The van der Waals surface area contributed by atoms with Gasteiger partial charge in [-0.1, -0.05) is 29.3 Å². The molecule has 0 unspecified atom stereocenters. The Morgan fingerprint density at radius 3 is 2.59 bits per heavy atom. The Hall–Kier alpha value is -0.960. The number of hydrogen-bond acceptors (Lipinski definition) is 2. The lowest BCUT2D eigenvalue weighted by atomic mass is 10.3.